The summed E-state index contributed by atoms with van der Waals surface area (Å²) in [7, 11) is 0. The van der Waals surface area contributed by atoms with Crippen molar-refractivity contribution in [2.45, 2.75) is 92.7 Å². The van der Waals surface area contributed by atoms with E-state index in [9.17, 15) is 19.5 Å². The third kappa shape index (κ3) is 5.29. The Bertz CT molecular complexity index is 887. The maximum absolute atomic E-state index is 14.5. The number of nitrogens with zero attached hydrogens (tertiary/aromatic N) is 2. The lowest BCUT2D eigenvalue weighted by atomic mass is 9.71. The van der Waals surface area contributed by atoms with Gasteiger partial charge in [0.15, 0.2) is 0 Å². The largest absolute Gasteiger partial charge is 0.465 e. The molecule has 2 amide bonds. The molecule has 7 nitrogen and oxygen atoms in total. The fourth-order valence-corrected chi connectivity index (χ4v) is 10.1. The van der Waals surface area contributed by atoms with E-state index in [1.807, 2.05) is 25.7 Å². The lowest BCUT2D eigenvalue weighted by Gasteiger charge is -2.42. The number of likely N-dealkylation sites (tertiary alicyclic amines) is 1. The van der Waals surface area contributed by atoms with Crippen molar-refractivity contribution in [3.8, 4) is 0 Å². The van der Waals surface area contributed by atoms with E-state index in [-0.39, 0.29) is 53.0 Å². The Kier molecular flexibility index (Phi) is 10.4. The minimum absolute atomic E-state index is 0.0136. The Labute approximate surface area is 234 Å². The zero-order chi connectivity index (χ0) is 27.5. The van der Waals surface area contributed by atoms with Crippen LogP contribution in [0.4, 0.5) is 0 Å². The van der Waals surface area contributed by atoms with Crippen LogP contribution < -0.4 is 0 Å². The van der Waals surface area contributed by atoms with Crippen LogP contribution in [0, 0.1) is 17.8 Å². The molecule has 3 aliphatic heterocycles. The van der Waals surface area contributed by atoms with E-state index in [0.29, 0.717) is 19.4 Å². The predicted octanol–water partition coefficient (Wildman–Crippen LogP) is 4.18. The molecule has 9 heteroatoms. The van der Waals surface area contributed by atoms with E-state index in [1.54, 1.807) is 28.8 Å². The normalized spacial score (nSPS) is 32.5. The van der Waals surface area contributed by atoms with Gasteiger partial charge in [-0.1, -0.05) is 61.7 Å². The molecule has 3 heterocycles. The Morgan fingerprint density at radius 2 is 2.03 bits per heavy atom. The summed E-state index contributed by atoms with van der Waals surface area (Å²) in [6.07, 6.45) is 7.07. The molecule has 4 unspecified atom stereocenters. The second-order valence-corrected chi connectivity index (χ2v) is 13.4. The zero-order valence-electron chi connectivity index (χ0n) is 22.6. The number of aliphatic hydroxyl groups is 1. The van der Waals surface area contributed by atoms with E-state index in [4.69, 9.17) is 4.74 Å². The highest BCUT2D eigenvalue weighted by Crippen LogP contribution is 2.68. The molecule has 37 heavy (non-hydrogen) atoms. The van der Waals surface area contributed by atoms with Crippen LogP contribution in [0.1, 0.15) is 59.8 Å². The fourth-order valence-electron chi connectivity index (χ4n) is 6.48. The van der Waals surface area contributed by atoms with Crippen molar-refractivity contribution >= 4 is 45.5 Å². The van der Waals surface area contributed by atoms with Gasteiger partial charge in [0, 0.05) is 22.7 Å². The van der Waals surface area contributed by atoms with Gasteiger partial charge in [-0.3, -0.25) is 14.4 Å². The number of amides is 2. The fraction of sp³-hybridized carbons (Fsp3) is 0.750. The van der Waals surface area contributed by atoms with Crippen LogP contribution in [0.25, 0.3) is 0 Å². The Morgan fingerprint density at radius 1 is 1.32 bits per heavy atom. The van der Waals surface area contributed by atoms with Gasteiger partial charge in [-0.05, 0) is 32.1 Å². The number of ether oxygens (including phenoxy) is 1. The van der Waals surface area contributed by atoms with Crippen molar-refractivity contribution in [3.05, 3.63) is 25.3 Å². The van der Waals surface area contributed by atoms with E-state index in [2.05, 4.69) is 36.0 Å². The minimum atomic E-state index is -0.767. The summed E-state index contributed by atoms with van der Waals surface area (Å²) in [5.41, 5.74) is 0. The number of alkyl halides is 1. The third-order valence-corrected chi connectivity index (χ3v) is 11.7. The number of fused-ring (bicyclic) bond motifs is 1. The van der Waals surface area contributed by atoms with Crippen LogP contribution in [-0.4, -0.2) is 85.4 Å². The number of hydrogen-bond donors (Lipinski definition) is 1. The van der Waals surface area contributed by atoms with Gasteiger partial charge in [-0.15, -0.1) is 24.9 Å². The van der Waals surface area contributed by atoms with Crippen molar-refractivity contribution in [1.82, 2.24) is 9.80 Å². The molecule has 3 fully saturated rings. The number of hydrogen-bond acceptors (Lipinski definition) is 6. The van der Waals surface area contributed by atoms with E-state index >= 15 is 0 Å². The maximum atomic E-state index is 14.5. The van der Waals surface area contributed by atoms with Crippen LogP contribution >= 0.6 is 27.7 Å². The van der Waals surface area contributed by atoms with Gasteiger partial charge in [0.05, 0.1) is 35.8 Å². The second kappa shape index (κ2) is 12.7. The topological polar surface area (TPSA) is 87.2 Å². The average Bonchev–Trinajstić information content (AvgIpc) is 3.46. The summed E-state index contributed by atoms with van der Waals surface area (Å²) >= 11 is 5.39. The van der Waals surface area contributed by atoms with Crippen molar-refractivity contribution in [1.29, 1.82) is 0 Å². The molecule has 0 aromatic heterocycles. The standard InChI is InChI=1S/C28H43BrN2O5S/c1-7-11-14-36-27(35)21-22-25(33)31(20(16-32)17(5)10-4)24(28(22)15-19(29)23(21)37-28)26(34)30(13-9-3)18(6)12-8-2/h7,9,17-24,32H,1,3,8,10-16H2,2,4-6H3/t17-,18?,19?,20-,21+,22-,23+,24?,28?/m0/s1. The van der Waals surface area contributed by atoms with Gasteiger partial charge in [0.25, 0.3) is 0 Å². The van der Waals surface area contributed by atoms with Gasteiger partial charge in [0.1, 0.15) is 6.04 Å². The van der Waals surface area contributed by atoms with Crippen molar-refractivity contribution < 1.29 is 24.2 Å². The number of thioether (sulfide) groups is 1. The Morgan fingerprint density at radius 3 is 2.59 bits per heavy atom. The van der Waals surface area contributed by atoms with Gasteiger partial charge in [0.2, 0.25) is 11.8 Å². The number of carbonyl (C=O) groups excluding carboxylic acids is 3. The van der Waals surface area contributed by atoms with Crippen LogP contribution in [0.15, 0.2) is 25.3 Å². The molecule has 3 saturated heterocycles. The highest BCUT2D eigenvalue weighted by Gasteiger charge is 2.76. The summed E-state index contributed by atoms with van der Waals surface area (Å²) < 4.78 is 4.83. The van der Waals surface area contributed by atoms with Crippen LogP contribution in [0.5, 0.6) is 0 Å². The summed E-state index contributed by atoms with van der Waals surface area (Å²) in [6.45, 7) is 16.1. The molecule has 0 radical (unpaired) electrons. The summed E-state index contributed by atoms with van der Waals surface area (Å²) in [5.74, 6) is -2.03. The first-order valence-corrected chi connectivity index (χ1v) is 15.4. The molecule has 1 spiro atoms. The van der Waals surface area contributed by atoms with Gasteiger partial charge in [-0.2, -0.15) is 0 Å². The molecule has 3 rings (SSSR count). The molecule has 0 aromatic rings. The first-order valence-electron chi connectivity index (χ1n) is 13.6. The number of halogens is 1. The van der Waals surface area contributed by atoms with Gasteiger partial charge >= 0.3 is 5.97 Å². The van der Waals surface area contributed by atoms with Crippen LogP contribution in [0.3, 0.4) is 0 Å². The van der Waals surface area contributed by atoms with E-state index in [1.165, 1.54) is 0 Å². The molecule has 208 valence electrons. The van der Waals surface area contributed by atoms with Gasteiger partial charge < -0.3 is 19.6 Å². The van der Waals surface area contributed by atoms with Crippen molar-refractivity contribution in [3.63, 3.8) is 0 Å². The lowest BCUT2D eigenvalue weighted by molar-refractivity contribution is -0.154. The molecule has 0 saturated carbocycles. The first-order chi connectivity index (χ1) is 17.6. The van der Waals surface area contributed by atoms with E-state index in [0.717, 1.165) is 19.3 Å². The van der Waals surface area contributed by atoms with Crippen LogP contribution in [-0.2, 0) is 19.1 Å². The van der Waals surface area contributed by atoms with E-state index < -0.39 is 28.7 Å². The molecular weight excluding hydrogens is 556 g/mol. The molecular formula is C28H43BrN2O5S. The zero-order valence-corrected chi connectivity index (χ0v) is 25.0. The summed E-state index contributed by atoms with van der Waals surface area (Å²) in [6, 6.07) is -1.30. The molecule has 0 aromatic carbocycles. The average molecular weight is 600 g/mol. The molecule has 0 aliphatic carbocycles. The highest BCUT2D eigenvalue weighted by atomic mass is 79.9. The Hall–Kier alpha value is -1.32. The number of rotatable bonds is 14. The molecule has 1 N–H and O–H groups in total. The monoisotopic (exact) mass is 598 g/mol. The Balaban J connectivity index is 2.11. The third-order valence-electron chi connectivity index (χ3n) is 8.49. The highest BCUT2D eigenvalue weighted by molar-refractivity contribution is 9.09. The molecule has 9 atom stereocenters. The smallest absolute Gasteiger partial charge is 0.310 e. The first kappa shape index (κ1) is 30.2. The SMILES string of the molecule is C=CCCOC(=O)[C@H]1[C@@H]2SC3(CC2Br)C(C(=O)N(CC=C)C(C)CCC)N([C@@H](CO)[C@@H](C)CC)C(=O)[C@H]13. The van der Waals surface area contributed by atoms with Crippen molar-refractivity contribution in [2.75, 3.05) is 19.8 Å². The quantitative estimate of drug-likeness (QED) is 0.140. The van der Waals surface area contributed by atoms with Crippen LogP contribution in [0.2, 0.25) is 0 Å². The molecule has 2 bridgehead atoms. The van der Waals surface area contributed by atoms with Gasteiger partial charge in [-0.25, -0.2) is 0 Å². The summed E-state index contributed by atoms with van der Waals surface area (Å²) in [4.78, 5) is 45.6. The lowest BCUT2D eigenvalue weighted by Crippen LogP contribution is -2.60. The number of aliphatic hydroxyl groups excluding tert-OH is 1. The minimum Gasteiger partial charge on any atom is -0.465 e. The predicted molar refractivity (Wildman–Crippen MR) is 151 cm³/mol. The maximum Gasteiger partial charge on any atom is 0.310 e. The number of esters is 1. The van der Waals surface area contributed by atoms with Crippen molar-refractivity contribution in [2.24, 2.45) is 17.8 Å². The number of carbonyl (C=O) groups is 3. The molecule has 3 aliphatic rings. The summed E-state index contributed by atoms with van der Waals surface area (Å²) in [5, 5.41) is 10.3. The second-order valence-electron chi connectivity index (χ2n) is 10.7.